The Kier molecular flexibility index (Phi) is 4.70. The smallest absolute Gasteiger partial charge is 0.264 e. The first-order valence-corrected chi connectivity index (χ1v) is 9.47. The Morgan fingerprint density at radius 1 is 1.13 bits per heavy atom. The van der Waals surface area contributed by atoms with Crippen LogP contribution in [-0.4, -0.2) is 53.8 Å². The van der Waals surface area contributed by atoms with Crippen LogP contribution in [0.2, 0.25) is 0 Å². The molecule has 2 aromatic rings. The first kappa shape index (κ1) is 16.4. The van der Waals surface area contributed by atoms with Crippen molar-refractivity contribution < 1.29 is 9.59 Å². The SMILES string of the molecule is CC(N)C(C)C(=O)N1CCN(C(=O)c2cc3sccc3s2)CC1. The van der Waals surface area contributed by atoms with Crippen LogP contribution in [0.5, 0.6) is 0 Å². The highest BCUT2D eigenvalue weighted by atomic mass is 32.1. The van der Waals surface area contributed by atoms with Crippen molar-refractivity contribution in [2.45, 2.75) is 19.9 Å². The van der Waals surface area contributed by atoms with E-state index in [1.165, 1.54) is 0 Å². The van der Waals surface area contributed by atoms with Crippen LogP contribution in [-0.2, 0) is 4.79 Å². The third kappa shape index (κ3) is 3.27. The maximum absolute atomic E-state index is 12.6. The average Bonchev–Trinajstić information content (AvgIpc) is 3.14. The molecule has 1 aliphatic rings. The van der Waals surface area contributed by atoms with Crippen LogP contribution in [0.1, 0.15) is 23.5 Å². The Morgan fingerprint density at radius 2 is 1.78 bits per heavy atom. The zero-order valence-electron chi connectivity index (χ0n) is 13.3. The molecule has 1 aliphatic heterocycles. The fraction of sp³-hybridized carbons (Fsp3) is 0.500. The van der Waals surface area contributed by atoms with Gasteiger partial charge in [0.2, 0.25) is 5.91 Å². The average molecular weight is 351 g/mol. The lowest BCUT2D eigenvalue weighted by Gasteiger charge is -2.36. The van der Waals surface area contributed by atoms with Gasteiger partial charge in [-0.05, 0) is 24.4 Å². The summed E-state index contributed by atoms with van der Waals surface area (Å²) in [5.41, 5.74) is 5.81. The maximum Gasteiger partial charge on any atom is 0.264 e. The quantitative estimate of drug-likeness (QED) is 0.922. The molecule has 1 fully saturated rings. The number of amides is 2. The van der Waals surface area contributed by atoms with Gasteiger partial charge in [-0.15, -0.1) is 22.7 Å². The van der Waals surface area contributed by atoms with Crippen LogP contribution in [0.15, 0.2) is 17.5 Å². The molecular weight excluding hydrogens is 330 g/mol. The second-order valence-electron chi connectivity index (χ2n) is 6.03. The van der Waals surface area contributed by atoms with Gasteiger partial charge in [0.1, 0.15) is 0 Å². The minimum absolute atomic E-state index is 0.0748. The van der Waals surface area contributed by atoms with Gasteiger partial charge in [-0.25, -0.2) is 0 Å². The molecule has 2 aromatic heterocycles. The summed E-state index contributed by atoms with van der Waals surface area (Å²) in [7, 11) is 0. The third-order valence-electron chi connectivity index (χ3n) is 4.41. The molecule has 2 atom stereocenters. The molecule has 1 saturated heterocycles. The molecule has 2 amide bonds. The van der Waals surface area contributed by atoms with Gasteiger partial charge in [0.25, 0.3) is 5.91 Å². The van der Waals surface area contributed by atoms with E-state index in [9.17, 15) is 9.59 Å². The molecule has 0 saturated carbocycles. The van der Waals surface area contributed by atoms with Crippen molar-refractivity contribution in [3.8, 4) is 0 Å². The molecule has 23 heavy (non-hydrogen) atoms. The van der Waals surface area contributed by atoms with Gasteiger partial charge < -0.3 is 15.5 Å². The number of hydrogen-bond donors (Lipinski definition) is 1. The predicted molar refractivity (Wildman–Crippen MR) is 95.0 cm³/mol. The lowest BCUT2D eigenvalue weighted by molar-refractivity contribution is -0.137. The van der Waals surface area contributed by atoms with Gasteiger partial charge in [-0.2, -0.15) is 0 Å². The van der Waals surface area contributed by atoms with E-state index in [1.54, 1.807) is 22.7 Å². The molecule has 124 valence electrons. The van der Waals surface area contributed by atoms with Gasteiger partial charge in [0.15, 0.2) is 0 Å². The Bertz CT molecular complexity index is 685. The van der Waals surface area contributed by atoms with E-state index in [0.717, 1.165) is 14.3 Å². The number of fused-ring (bicyclic) bond motifs is 1. The van der Waals surface area contributed by atoms with Crippen LogP contribution in [0.3, 0.4) is 0 Å². The zero-order chi connectivity index (χ0) is 16.6. The second-order valence-corrected chi connectivity index (χ2v) is 8.06. The largest absolute Gasteiger partial charge is 0.339 e. The van der Waals surface area contributed by atoms with Gasteiger partial charge in [-0.3, -0.25) is 9.59 Å². The van der Waals surface area contributed by atoms with E-state index in [1.807, 2.05) is 41.2 Å². The molecule has 2 N–H and O–H groups in total. The first-order chi connectivity index (χ1) is 11.0. The van der Waals surface area contributed by atoms with E-state index < -0.39 is 0 Å². The highest BCUT2D eigenvalue weighted by molar-refractivity contribution is 7.27. The summed E-state index contributed by atoms with van der Waals surface area (Å²) < 4.78 is 2.33. The fourth-order valence-electron chi connectivity index (χ4n) is 2.67. The van der Waals surface area contributed by atoms with Crippen LogP contribution >= 0.6 is 22.7 Å². The number of carbonyl (C=O) groups excluding carboxylic acids is 2. The van der Waals surface area contributed by atoms with Crippen LogP contribution in [0.25, 0.3) is 9.40 Å². The fourth-order valence-corrected chi connectivity index (χ4v) is 4.75. The highest BCUT2D eigenvalue weighted by Crippen LogP contribution is 2.30. The molecule has 7 heteroatoms. The maximum atomic E-state index is 12.6. The van der Waals surface area contributed by atoms with E-state index in [2.05, 4.69) is 0 Å². The first-order valence-electron chi connectivity index (χ1n) is 7.78. The van der Waals surface area contributed by atoms with E-state index in [0.29, 0.717) is 26.2 Å². The monoisotopic (exact) mass is 351 g/mol. The molecule has 3 rings (SSSR count). The standard InChI is InChI=1S/C16H21N3O2S2/c1-10(11(2)17)15(20)18-4-6-19(7-5-18)16(21)14-9-13-12(23-14)3-8-22-13/h3,8-11H,4-7,17H2,1-2H3. The van der Waals surface area contributed by atoms with Crippen molar-refractivity contribution in [2.24, 2.45) is 11.7 Å². The van der Waals surface area contributed by atoms with E-state index >= 15 is 0 Å². The predicted octanol–water partition coefficient (Wildman–Crippen LogP) is 2.23. The van der Waals surface area contributed by atoms with Crippen molar-refractivity contribution in [1.82, 2.24) is 9.80 Å². The van der Waals surface area contributed by atoms with Crippen LogP contribution in [0, 0.1) is 5.92 Å². The highest BCUT2D eigenvalue weighted by Gasteiger charge is 2.29. The summed E-state index contributed by atoms with van der Waals surface area (Å²) >= 11 is 3.20. The summed E-state index contributed by atoms with van der Waals surface area (Å²) in [5, 5.41) is 2.04. The topological polar surface area (TPSA) is 66.6 Å². The molecule has 0 aliphatic carbocycles. The summed E-state index contributed by atoms with van der Waals surface area (Å²) in [6, 6.07) is 3.87. The lowest BCUT2D eigenvalue weighted by Crippen LogP contribution is -2.53. The summed E-state index contributed by atoms with van der Waals surface area (Å²) in [6.07, 6.45) is 0. The molecule has 0 spiro atoms. The van der Waals surface area contributed by atoms with Gasteiger partial charge in [0.05, 0.1) is 10.8 Å². The lowest BCUT2D eigenvalue weighted by atomic mass is 10.0. The number of hydrogen-bond acceptors (Lipinski definition) is 5. The minimum Gasteiger partial charge on any atom is -0.339 e. The second kappa shape index (κ2) is 6.59. The Morgan fingerprint density at radius 3 is 2.39 bits per heavy atom. The van der Waals surface area contributed by atoms with E-state index in [-0.39, 0.29) is 23.8 Å². The van der Waals surface area contributed by atoms with Crippen molar-refractivity contribution in [2.75, 3.05) is 26.2 Å². The number of piperazine rings is 1. The van der Waals surface area contributed by atoms with Crippen molar-refractivity contribution >= 4 is 43.9 Å². The Labute approximate surface area is 143 Å². The van der Waals surface area contributed by atoms with Gasteiger partial charge in [-0.1, -0.05) is 6.92 Å². The molecule has 0 aromatic carbocycles. The zero-order valence-corrected chi connectivity index (χ0v) is 15.0. The minimum atomic E-state index is -0.179. The molecule has 0 bridgehead atoms. The summed E-state index contributed by atoms with van der Waals surface area (Å²) in [4.78, 5) is 29.4. The van der Waals surface area contributed by atoms with Gasteiger partial charge >= 0.3 is 0 Å². The summed E-state index contributed by atoms with van der Waals surface area (Å²) in [5.74, 6) is -0.0178. The van der Waals surface area contributed by atoms with E-state index in [4.69, 9.17) is 5.73 Å². The molecule has 5 nitrogen and oxygen atoms in total. The number of thiophene rings is 2. The number of nitrogens with two attached hydrogens (primary N) is 1. The van der Waals surface area contributed by atoms with Crippen LogP contribution in [0.4, 0.5) is 0 Å². The third-order valence-corrected chi connectivity index (χ3v) is 6.49. The molecule has 0 radical (unpaired) electrons. The Balaban J connectivity index is 1.61. The number of rotatable bonds is 3. The number of nitrogens with zero attached hydrogens (tertiary/aromatic N) is 2. The van der Waals surface area contributed by atoms with Crippen molar-refractivity contribution in [1.29, 1.82) is 0 Å². The Hall–Kier alpha value is -1.44. The summed E-state index contributed by atoms with van der Waals surface area (Å²) in [6.45, 7) is 6.06. The van der Waals surface area contributed by atoms with Crippen LogP contribution < -0.4 is 5.73 Å². The molecule has 2 unspecified atom stereocenters. The van der Waals surface area contributed by atoms with Crippen molar-refractivity contribution in [3.05, 3.63) is 22.4 Å². The normalized spacial score (nSPS) is 18.2. The molecule has 3 heterocycles. The number of carbonyl (C=O) groups is 2. The van der Waals surface area contributed by atoms with Gasteiger partial charge in [0, 0.05) is 41.6 Å². The molecular formula is C16H21N3O2S2. The van der Waals surface area contributed by atoms with Crippen molar-refractivity contribution in [3.63, 3.8) is 0 Å².